The van der Waals surface area contributed by atoms with Crippen molar-refractivity contribution in [1.82, 2.24) is 15.2 Å². The van der Waals surface area contributed by atoms with Gasteiger partial charge in [0.1, 0.15) is 17.1 Å². The molecule has 158 valence electrons. The molecule has 0 radical (unpaired) electrons. The van der Waals surface area contributed by atoms with Gasteiger partial charge in [0.05, 0.1) is 0 Å². The molecule has 2 N–H and O–H groups in total. The van der Waals surface area contributed by atoms with Gasteiger partial charge in [0.25, 0.3) is 5.91 Å². The maximum absolute atomic E-state index is 12.2. The van der Waals surface area contributed by atoms with E-state index in [9.17, 15) is 18.0 Å². The number of sulfonamides is 1. The van der Waals surface area contributed by atoms with Gasteiger partial charge in [0.15, 0.2) is 12.4 Å². The summed E-state index contributed by atoms with van der Waals surface area (Å²) >= 11 is 0. The van der Waals surface area contributed by atoms with Crippen molar-refractivity contribution in [3.05, 3.63) is 47.3 Å². The number of rotatable bonds is 10. The van der Waals surface area contributed by atoms with Crippen molar-refractivity contribution < 1.29 is 27.3 Å². The Balaban J connectivity index is 1.71. The number of benzene rings is 1. The Labute approximate surface area is 169 Å². The van der Waals surface area contributed by atoms with Crippen molar-refractivity contribution >= 4 is 21.9 Å². The Hall–Kier alpha value is -2.72. The van der Waals surface area contributed by atoms with Gasteiger partial charge in [-0.2, -0.15) is 4.72 Å². The van der Waals surface area contributed by atoms with E-state index in [1.165, 1.54) is 19.4 Å². The third-order valence-electron chi connectivity index (χ3n) is 4.12. The molecule has 0 saturated heterocycles. The largest absolute Gasteiger partial charge is 0.455 e. The summed E-state index contributed by atoms with van der Waals surface area (Å²) in [5, 5.41) is 6.31. The van der Waals surface area contributed by atoms with Crippen LogP contribution < -0.4 is 10.0 Å². The lowest BCUT2D eigenvalue weighted by molar-refractivity contribution is -0.147. The average Bonchev–Trinajstić information content (AvgIpc) is 3.03. The Morgan fingerprint density at radius 2 is 1.90 bits per heavy atom. The molecule has 0 aliphatic carbocycles. The molecule has 29 heavy (non-hydrogen) atoms. The van der Waals surface area contributed by atoms with E-state index in [0.717, 1.165) is 12.8 Å². The van der Waals surface area contributed by atoms with Crippen molar-refractivity contribution in [1.29, 1.82) is 0 Å². The van der Waals surface area contributed by atoms with Crippen LogP contribution in [-0.4, -0.2) is 44.6 Å². The van der Waals surface area contributed by atoms with Gasteiger partial charge in [0.2, 0.25) is 10.0 Å². The zero-order chi connectivity index (χ0) is 21.4. The molecule has 0 spiro atoms. The first-order valence-corrected chi connectivity index (χ1v) is 10.6. The quantitative estimate of drug-likeness (QED) is 0.551. The Kier molecular flexibility index (Phi) is 7.91. The normalized spacial score (nSPS) is 12.4. The lowest BCUT2D eigenvalue weighted by Crippen LogP contribution is -2.37. The molecule has 10 heteroatoms. The predicted octanol–water partition coefficient (Wildman–Crippen LogP) is 1.25. The molecule has 2 rings (SSSR count). The van der Waals surface area contributed by atoms with E-state index in [-0.39, 0.29) is 22.4 Å². The number of carbonyl (C=O) groups is 2. The molecular weight excluding hydrogens is 398 g/mol. The standard InChI is InChI=1S/C19H25N3O6S/c1-13(9-10-16-7-5-4-6-8-16)21-17(23)12-27-18(24)11-20-29(25,26)19-14(2)22-28-15(19)3/h4-8,13,20H,9-12H2,1-3H3,(H,21,23)/t13-/m0/s1. The van der Waals surface area contributed by atoms with Crippen molar-refractivity contribution in [3.8, 4) is 0 Å². The fourth-order valence-electron chi connectivity index (χ4n) is 2.70. The van der Waals surface area contributed by atoms with Gasteiger partial charge in [-0.15, -0.1) is 0 Å². The van der Waals surface area contributed by atoms with Crippen LogP contribution in [0.1, 0.15) is 30.4 Å². The highest BCUT2D eigenvalue weighted by molar-refractivity contribution is 7.89. The van der Waals surface area contributed by atoms with E-state index in [2.05, 4.69) is 15.2 Å². The minimum absolute atomic E-state index is 0.0977. The number of ether oxygens (including phenoxy) is 1. The fourth-order valence-corrected chi connectivity index (χ4v) is 3.99. The van der Waals surface area contributed by atoms with Gasteiger partial charge in [-0.05, 0) is 39.2 Å². The monoisotopic (exact) mass is 423 g/mol. The van der Waals surface area contributed by atoms with Crippen LogP contribution in [0.5, 0.6) is 0 Å². The second-order valence-corrected chi connectivity index (χ2v) is 8.34. The fraction of sp³-hybridized carbons (Fsp3) is 0.421. The first kappa shape index (κ1) is 22.6. The van der Waals surface area contributed by atoms with Crippen molar-refractivity contribution in [2.45, 2.75) is 44.6 Å². The number of nitrogens with zero attached hydrogens (tertiary/aromatic N) is 1. The van der Waals surface area contributed by atoms with Gasteiger partial charge in [-0.1, -0.05) is 35.5 Å². The van der Waals surface area contributed by atoms with Gasteiger partial charge in [-0.25, -0.2) is 8.42 Å². The minimum atomic E-state index is -3.97. The van der Waals surface area contributed by atoms with E-state index in [1.54, 1.807) is 0 Å². The second kappa shape index (κ2) is 10.2. The average molecular weight is 423 g/mol. The van der Waals surface area contributed by atoms with Crippen LogP contribution in [0, 0.1) is 13.8 Å². The molecule has 0 unspecified atom stereocenters. The number of esters is 1. The van der Waals surface area contributed by atoms with Gasteiger partial charge in [-0.3, -0.25) is 9.59 Å². The minimum Gasteiger partial charge on any atom is -0.455 e. The van der Waals surface area contributed by atoms with Crippen LogP contribution >= 0.6 is 0 Å². The summed E-state index contributed by atoms with van der Waals surface area (Å²) in [6.45, 7) is 3.70. The number of aromatic nitrogens is 1. The van der Waals surface area contributed by atoms with E-state index in [4.69, 9.17) is 9.26 Å². The molecule has 0 fully saturated rings. The summed E-state index contributed by atoms with van der Waals surface area (Å²) < 4.78 is 36.2. The number of hydrogen-bond acceptors (Lipinski definition) is 7. The van der Waals surface area contributed by atoms with E-state index < -0.39 is 35.1 Å². The van der Waals surface area contributed by atoms with E-state index in [0.29, 0.717) is 0 Å². The Morgan fingerprint density at radius 1 is 1.21 bits per heavy atom. The molecule has 0 saturated carbocycles. The van der Waals surface area contributed by atoms with Crippen LogP contribution in [0.4, 0.5) is 0 Å². The summed E-state index contributed by atoms with van der Waals surface area (Å²) in [6, 6.07) is 9.78. The lowest BCUT2D eigenvalue weighted by Gasteiger charge is -2.14. The molecule has 2 aromatic rings. The molecule has 0 aliphatic rings. The highest BCUT2D eigenvalue weighted by Crippen LogP contribution is 2.18. The first-order valence-electron chi connectivity index (χ1n) is 9.10. The molecule has 0 bridgehead atoms. The van der Waals surface area contributed by atoms with Crippen LogP contribution in [0.25, 0.3) is 0 Å². The number of amides is 1. The lowest BCUT2D eigenvalue weighted by atomic mass is 10.1. The molecule has 1 aromatic carbocycles. The van der Waals surface area contributed by atoms with E-state index in [1.807, 2.05) is 37.3 Å². The van der Waals surface area contributed by atoms with Crippen molar-refractivity contribution in [2.24, 2.45) is 0 Å². The summed E-state index contributed by atoms with van der Waals surface area (Å²) in [5.74, 6) is -1.20. The van der Waals surface area contributed by atoms with Crippen molar-refractivity contribution in [2.75, 3.05) is 13.2 Å². The third-order valence-corrected chi connectivity index (χ3v) is 5.77. The summed E-state index contributed by atoms with van der Waals surface area (Å²) in [5.41, 5.74) is 1.36. The maximum Gasteiger partial charge on any atom is 0.321 e. The number of carbonyl (C=O) groups excluding carboxylic acids is 2. The summed E-state index contributed by atoms with van der Waals surface area (Å²) in [6.07, 6.45) is 1.55. The highest BCUT2D eigenvalue weighted by atomic mass is 32.2. The van der Waals surface area contributed by atoms with Gasteiger partial charge in [0, 0.05) is 6.04 Å². The Morgan fingerprint density at radius 3 is 2.52 bits per heavy atom. The molecule has 1 heterocycles. The topological polar surface area (TPSA) is 128 Å². The number of hydrogen-bond donors (Lipinski definition) is 2. The molecular formula is C19H25N3O6S. The predicted molar refractivity (Wildman–Crippen MR) is 104 cm³/mol. The molecule has 1 atom stereocenters. The van der Waals surface area contributed by atoms with E-state index >= 15 is 0 Å². The van der Waals surface area contributed by atoms with Gasteiger partial charge >= 0.3 is 5.97 Å². The number of aryl methyl sites for hydroxylation is 3. The SMILES string of the molecule is Cc1noc(C)c1S(=O)(=O)NCC(=O)OCC(=O)N[C@@H](C)CCc1ccccc1. The highest BCUT2D eigenvalue weighted by Gasteiger charge is 2.25. The van der Waals surface area contributed by atoms with Crippen LogP contribution in [0.3, 0.4) is 0 Å². The van der Waals surface area contributed by atoms with Crippen LogP contribution in [0.15, 0.2) is 39.8 Å². The third kappa shape index (κ3) is 6.99. The zero-order valence-electron chi connectivity index (χ0n) is 16.6. The second-order valence-electron chi connectivity index (χ2n) is 6.63. The summed E-state index contributed by atoms with van der Waals surface area (Å²) in [7, 11) is -3.97. The smallest absolute Gasteiger partial charge is 0.321 e. The molecule has 9 nitrogen and oxygen atoms in total. The zero-order valence-corrected chi connectivity index (χ0v) is 17.4. The first-order chi connectivity index (χ1) is 13.7. The number of nitrogens with one attached hydrogen (secondary N) is 2. The molecule has 1 amide bonds. The van der Waals surface area contributed by atoms with Crippen LogP contribution in [0.2, 0.25) is 0 Å². The van der Waals surface area contributed by atoms with Crippen LogP contribution in [-0.2, 0) is 30.8 Å². The molecule has 1 aromatic heterocycles. The summed E-state index contributed by atoms with van der Waals surface area (Å²) in [4.78, 5) is 23.5. The van der Waals surface area contributed by atoms with Gasteiger partial charge < -0.3 is 14.6 Å². The molecule has 0 aliphatic heterocycles. The maximum atomic E-state index is 12.2. The van der Waals surface area contributed by atoms with Crippen molar-refractivity contribution in [3.63, 3.8) is 0 Å². The Bertz CT molecular complexity index is 921.